The first-order valence-electron chi connectivity index (χ1n) is 5.75. The van der Waals surface area contributed by atoms with E-state index < -0.39 is 15.3 Å². The van der Waals surface area contributed by atoms with Crippen molar-refractivity contribution in [3.05, 3.63) is 0 Å². The maximum atomic E-state index is 12.1. The highest BCUT2D eigenvalue weighted by Gasteiger charge is 2.33. The molecular formula is C10H22N2O2S. The first-order chi connectivity index (χ1) is 7.06. The van der Waals surface area contributed by atoms with Crippen molar-refractivity contribution >= 4 is 10.0 Å². The predicted octanol–water partition coefficient (Wildman–Crippen LogP) is 0.785. The minimum absolute atomic E-state index is 0.222. The van der Waals surface area contributed by atoms with E-state index in [1.54, 1.807) is 4.31 Å². The molecule has 4 nitrogen and oxygen atoms in total. The first kappa shape index (κ1) is 12.9. The Hall–Kier alpha value is -0.130. The van der Waals surface area contributed by atoms with Gasteiger partial charge < -0.3 is 5.73 Å². The van der Waals surface area contributed by atoms with Crippen molar-refractivity contribution in [2.75, 3.05) is 19.6 Å². The van der Waals surface area contributed by atoms with Crippen LogP contribution in [0.3, 0.4) is 0 Å². The lowest BCUT2D eigenvalue weighted by atomic mass is 10.3. The minimum Gasteiger partial charge on any atom is -0.329 e. The molecule has 0 spiro atoms. The summed E-state index contributed by atoms with van der Waals surface area (Å²) in [5, 5.41) is -0.406. The maximum Gasteiger partial charge on any atom is 0.218 e. The summed E-state index contributed by atoms with van der Waals surface area (Å²) in [6, 6.07) is 0. The molecule has 0 aromatic heterocycles. The summed E-state index contributed by atoms with van der Waals surface area (Å²) in [5.74, 6) is 0.593. The summed E-state index contributed by atoms with van der Waals surface area (Å²) in [7, 11) is -3.16. The molecule has 5 heteroatoms. The molecule has 1 fully saturated rings. The molecule has 1 saturated carbocycles. The smallest absolute Gasteiger partial charge is 0.218 e. The zero-order valence-corrected chi connectivity index (χ0v) is 10.5. The van der Waals surface area contributed by atoms with Crippen molar-refractivity contribution in [2.45, 2.75) is 38.4 Å². The topological polar surface area (TPSA) is 63.4 Å². The standard InChI is InChI=1S/C10H22N2O2S/c1-3-10(7-11)15(13,14)12(4-2)8-9-5-6-9/h9-10H,3-8,11H2,1-2H3. The van der Waals surface area contributed by atoms with Gasteiger partial charge in [0.1, 0.15) is 0 Å². The largest absolute Gasteiger partial charge is 0.329 e. The minimum atomic E-state index is -3.16. The van der Waals surface area contributed by atoms with Crippen LogP contribution >= 0.6 is 0 Å². The third-order valence-corrected chi connectivity index (χ3v) is 5.51. The molecule has 0 aromatic rings. The van der Waals surface area contributed by atoms with Crippen LogP contribution in [0.5, 0.6) is 0 Å². The Kier molecular flexibility index (Phi) is 4.55. The van der Waals surface area contributed by atoms with Gasteiger partial charge >= 0.3 is 0 Å². The van der Waals surface area contributed by atoms with E-state index in [1.807, 2.05) is 13.8 Å². The molecule has 0 saturated heterocycles. The van der Waals surface area contributed by atoms with Gasteiger partial charge in [-0.25, -0.2) is 12.7 Å². The van der Waals surface area contributed by atoms with Gasteiger partial charge in [0.2, 0.25) is 10.0 Å². The van der Waals surface area contributed by atoms with Crippen LogP contribution in [-0.2, 0) is 10.0 Å². The second-order valence-corrected chi connectivity index (χ2v) is 6.42. The number of hydrogen-bond acceptors (Lipinski definition) is 3. The van der Waals surface area contributed by atoms with Gasteiger partial charge in [0.05, 0.1) is 5.25 Å². The van der Waals surface area contributed by atoms with E-state index in [2.05, 4.69) is 0 Å². The van der Waals surface area contributed by atoms with Gasteiger partial charge in [-0.05, 0) is 25.2 Å². The Morgan fingerprint density at radius 1 is 1.40 bits per heavy atom. The summed E-state index contributed by atoms with van der Waals surface area (Å²) in [4.78, 5) is 0. The van der Waals surface area contributed by atoms with Crippen molar-refractivity contribution < 1.29 is 8.42 Å². The summed E-state index contributed by atoms with van der Waals surface area (Å²) in [5.41, 5.74) is 5.50. The van der Waals surface area contributed by atoms with E-state index in [1.165, 1.54) is 12.8 Å². The lowest BCUT2D eigenvalue weighted by Gasteiger charge is -2.25. The fourth-order valence-corrected chi connectivity index (χ4v) is 3.58. The molecule has 1 aliphatic carbocycles. The van der Waals surface area contributed by atoms with Gasteiger partial charge in [0.15, 0.2) is 0 Å². The van der Waals surface area contributed by atoms with Crippen LogP contribution in [0.4, 0.5) is 0 Å². The number of hydrogen-bond donors (Lipinski definition) is 1. The van der Waals surface area contributed by atoms with Crippen molar-refractivity contribution in [2.24, 2.45) is 11.7 Å². The highest BCUT2D eigenvalue weighted by Crippen LogP contribution is 2.31. The Labute approximate surface area is 92.9 Å². The van der Waals surface area contributed by atoms with Gasteiger partial charge in [0, 0.05) is 19.6 Å². The SMILES string of the molecule is CCC(CN)S(=O)(=O)N(CC)CC1CC1. The van der Waals surface area contributed by atoms with E-state index in [0.29, 0.717) is 25.4 Å². The molecule has 1 aliphatic rings. The molecule has 0 aliphatic heterocycles. The van der Waals surface area contributed by atoms with Gasteiger partial charge in [0.25, 0.3) is 0 Å². The molecule has 1 atom stereocenters. The fraction of sp³-hybridized carbons (Fsp3) is 1.00. The number of sulfonamides is 1. The monoisotopic (exact) mass is 234 g/mol. The van der Waals surface area contributed by atoms with E-state index in [4.69, 9.17) is 5.73 Å². The molecule has 90 valence electrons. The summed E-state index contributed by atoms with van der Waals surface area (Å²) < 4.78 is 25.9. The van der Waals surface area contributed by atoms with Crippen molar-refractivity contribution in [3.63, 3.8) is 0 Å². The van der Waals surface area contributed by atoms with E-state index in [0.717, 1.165) is 0 Å². The van der Waals surface area contributed by atoms with Crippen LogP contribution in [-0.4, -0.2) is 37.6 Å². The molecule has 0 heterocycles. The van der Waals surface area contributed by atoms with Crippen LogP contribution in [0.15, 0.2) is 0 Å². The van der Waals surface area contributed by atoms with Gasteiger partial charge in [-0.15, -0.1) is 0 Å². The highest BCUT2D eigenvalue weighted by atomic mass is 32.2. The number of rotatable bonds is 7. The molecule has 0 radical (unpaired) electrons. The Morgan fingerprint density at radius 2 is 2.00 bits per heavy atom. The molecule has 15 heavy (non-hydrogen) atoms. The zero-order chi connectivity index (χ0) is 11.5. The molecule has 1 unspecified atom stereocenters. The molecule has 0 aromatic carbocycles. The van der Waals surface area contributed by atoms with Gasteiger partial charge in [-0.3, -0.25) is 0 Å². The van der Waals surface area contributed by atoms with E-state index in [-0.39, 0.29) is 6.54 Å². The first-order valence-corrected chi connectivity index (χ1v) is 7.25. The lowest BCUT2D eigenvalue weighted by molar-refractivity contribution is 0.403. The highest BCUT2D eigenvalue weighted by molar-refractivity contribution is 7.89. The van der Waals surface area contributed by atoms with E-state index in [9.17, 15) is 8.42 Å². The van der Waals surface area contributed by atoms with Crippen LogP contribution in [0.1, 0.15) is 33.1 Å². The molecule has 0 bridgehead atoms. The normalized spacial score (nSPS) is 19.5. The molecule has 1 rings (SSSR count). The summed E-state index contributed by atoms with van der Waals surface area (Å²) >= 11 is 0. The summed E-state index contributed by atoms with van der Waals surface area (Å²) in [6.45, 7) is 5.24. The van der Waals surface area contributed by atoms with Crippen LogP contribution in [0.25, 0.3) is 0 Å². The lowest BCUT2D eigenvalue weighted by Crippen LogP contribution is -2.42. The number of nitrogens with zero attached hydrogens (tertiary/aromatic N) is 1. The Morgan fingerprint density at radius 3 is 2.33 bits per heavy atom. The van der Waals surface area contributed by atoms with Crippen LogP contribution in [0, 0.1) is 5.92 Å². The average molecular weight is 234 g/mol. The van der Waals surface area contributed by atoms with Crippen molar-refractivity contribution in [1.82, 2.24) is 4.31 Å². The third kappa shape index (κ3) is 3.16. The second kappa shape index (κ2) is 5.27. The molecular weight excluding hydrogens is 212 g/mol. The molecule has 2 N–H and O–H groups in total. The van der Waals surface area contributed by atoms with E-state index >= 15 is 0 Å². The van der Waals surface area contributed by atoms with Crippen LogP contribution < -0.4 is 5.73 Å². The Balaban J connectivity index is 2.69. The zero-order valence-electron chi connectivity index (χ0n) is 9.65. The van der Waals surface area contributed by atoms with Crippen LogP contribution in [0.2, 0.25) is 0 Å². The second-order valence-electron chi connectivity index (χ2n) is 4.20. The van der Waals surface area contributed by atoms with Crippen molar-refractivity contribution in [1.29, 1.82) is 0 Å². The van der Waals surface area contributed by atoms with Gasteiger partial charge in [-0.2, -0.15) is 0 Å². The third-order valence-electron chi connectivity index (χ3n) is 3.01. The predicted molar refractivity (Wildman–Crippen MR) is 62.0 cm³/mol. The van der Waals surface area contributed by atoms with Crippen molar-refractivity contribution in [3.8, 4) is 0 Å². The molecule has 0 amide bonds. The van der Waals surface area contributed by atoms with Gasteiger partial charge in [-0.1, -0.05) is 13.8 Å². The maximum absolute atomic E-state index is 12.1. The fourth-order valence-electron chi connectivity index (χ4n) is 1.71. The number of nitrogens with two attached hydrogens (primary N) is 1. The Bertz CT molecular complexity index is 282. The summed E-state index contributed by atoms with van der Waals surface area (Å²) in [6.07, 6.45) is 2.94. The average Bonchev–Trinajstić information content (AvgIpc) is 2.98. The quantitative estimate of drug-likeness (QED) is 0.708.